The van der Waals surface area contributed by atoms with Gasteiger partial charge in [0.1, 0.15) is 5.69 Å². The second kappa shape index (κ2) is 8.75. The Balaban J connectivity index is 1.92. The third-order valence-corrected chi connectivity index (χ3v) is 3.85. The molecule has 4 nitrogen and oxygen atoms in total. The fraction of sp³-hybridized carbons (Fsp3) is 0.294. The lowest BCUT2D eigenvalue weighted by molar-refractivity contribution is 0.0949. The number of benzene rings is 1. The summed E-state index contributed by atoms with van der Waals surface area (Å²) in [5.74, 6) is -0.156. The molecule has 1 aromatic carbocycles. The van der Waals surface area contributed by atoms with Gasteiger partial charge in [0.05, 0.1) is 0 Å². The molecule has 122 valence electrons. The minimum absolute atomic E-state index is 0.156. The number of halogens is 2. The lowest BCUT2D eigenvalue weighted by atomic mass is 10.1. The standard InChI is InChI=1S/C17H19Cl2N3O/c1-2-7-22-17(23)16-11-14(6-9-21-16)20-8-5-12-3-4-13(18)10-15(12)19/h3-4,6,9-11H,2,5,7-8H2,1H3,(H,20,21)(H,22,23). The van der Waals surface area contributed by atoms with E-state index in [-0.39, 0.29) is 5.91 Å². The van der Waals surface area contributed by atoms with Crippen molar-refractivity contribution in [2.45, 2.75) is 19.8 Å². The Morgan fingerprint density at radius 3 is 2.74 bits per heavy atom. The van der Waals surface area contributed by atoms with Crippen molar-refractivity contribution in [3.05, 3.63) is 57.8 Å². The summed E-state index contributed by atoms with van der Waals surface area (Å²) in [4.78, 5) is 16.0. The number of aromatic nitrogens is 1. The Morgan fingerprint density at radius 2 is 2.00 bits per heavy atom. The van der Waals surface area contributed by atoms with Gasteiger partial charge in [0, 0.05) is 35.0 Å². The van der Waals surface area contributed by atoms with Crippen molar-refractivity contribution >= 4 is 34.8 Å². The quantitative estimate of drug-likeness (QED) is 0.786. The zero-order valence-corrected chi connectivity index (χ0v) is 14.4. The van der Waals surface area contributed by atoms with Crippen molar-refractivity contribution in [1.29, 1.82) is 0 Å². The molecular formula is C17H19Cl2N3O. The summed E-state index contributed by atoms with van der Waals surface area (Å²) >= 11 is 12.0. The fourth-order valence-corrected chi connectivity index (χ4v) is 2.56. The van der Waals surface area contributed by atoms with Gasteiger partial charge < -0.3 is 10.6 Å². The first-order chi connectivity index (χ1) is 11.1. The third-order valence-electron chi connectivity index (χ3n) is 3.27. The number of carbonyl (C=O) groups excluding carboxylic acids is 1. The summed E-state index contributed by atoms with van der Waals surface area (Å²) < 4.78 is 0. The van der Waals surface area contributed by atoms with E-state index in [1.807, 2.05) is 25.1 Å². The van der Waals surface area contributed by atoms with Crippen LogP contribution in [0.15, 0.2) is 36.5 Å². The van der Waals surface area contributed by atoms with E-state index in [0.717, 1.165) is 24.1 Å². The Kier molecular flexibility index (Phi) is 6.68. The molecule has 0 spiro atoms. The SMILES string of the molecule is CCCNC(=O)c1cc(NCCc2ccc(Cl)cc2Cl)ccn1. The van der Waals surface area contributed by atoms with Crippen LogP contribution in [0.5, 0.6) is 0 Å². The maximum Gasteiger partial charge on any atom is 0.269 e. The monoisotopic (exact) mass is 351 g/mol. The van der Waals surface area contributed by atoms with Crippen molar-refractivity contribution in [2.75, 3.05) is 18.4 Å². The molecule has 6 heteroatoms. The highest BCUT2D eigenvalue weighted by molar-refractivity contribution is 6.35. The van der Waals surface area contributed by atoms with Crippen LogP contribution in [-0.4, -0.2) is 24.0 Å². The molecule has 2 rings (SSSR count). The van der Waals surface area contributed by atoms with Gasteiger partial charge in [-0.1, -0.05) is 36.2 Å². The molecule has 1 heterocycles. The fourth-order valence-electron chi connectivity index (χ4n) is 2.06. The van der Waals surface area contributed by atoms with Crippen LogP contribution in [-0.2, 0) is 6.42 Å². The van der Waals surface area contributed by atoms with Gasteiger partial charge in [0.25, 0.3) is 5.91 Å². The molecular weight excluding hydrogens is 333 g/mol. The van der Waals surface area contributed by atoms with Crippen LogP contribution in [0, 0.1) is 0 Å². The molecule has 0 saturated heterocycles. The Labute approximate surface area is 146 Å². The largest absolute Gasteiger partial charge is 0.385 e. The molecule has 0 atom stereocenters. The highest BCUT2D eigenvalue weighted by Crippen LogP contribution is 2.21. The summed E-state index contributed by atoms with van der Waals surface area (Å²) in [6.45, 7) is 3.35. The van der Waals surface area contributed by atoms with Gasteiger partial charge in [-0.2, -0.15) is 0 Å². The minimum Gasteiger partial charge on any atom is -0.385 e. The predicted molar refractivity (Wildman–Crippen MR) is 95.5 cm³/mol. The lowest BCUT2D eigenvalue weighted by Crippen LogP contribution is -2.25. The first-order valence-corrected chi connectivity index (χ1v) is 8.27. The molecule has 0 unspecified atom stereocenters. The number of amides is 1. The average Bonchev–Trinajstić information content (AvgIpc) is 2.55. The molecule has 1 amide bonds. The first-order valence-electron chi connectivity index (χ1n) is 7.52. The summed E-state index contributed by atoms with van der Waals surface area (Å²) in [6, 6.07) is 9.06. The van der Waals surface area contributed by atoms with Crippen LogP contribution < -0.4 is 10.6 Å². The number of nitrogens with one attached hydrogen (secondary N) is 2. The lowest BCUT2D eigenvalue weighted by Gasteiger charge is -2.09. The Bertz CT molecular complexity index is 677. The van der Waals surface area contributed by atoms with Crippen LogP contribution in [0.2, 0.25) is 10.0 Å². The first kappa shape index (κ1) is 17.6. The van der Waals surface area contributed by atoms with Crippen molar-refractivity contribution in [1.82, 2.24) is 10.3 Å². The molecule has 0 saturated carbocycles. The van der Waals surface area contributed by atoms with Gasteiger partial charge >= 0.3 is 0 Å². The maximum absolute atomic E-state index is 11.9. The molecule has 0 aliphatic rings. The van der Waals surface area contributed by atoms with Crippen molar-refractivity contribution in [3.8, 4) is 0 Å². The van der Waals surface area contributed by atoms with Gasteiger partial charge in [-0.15, -0.1) is 0 Å². The van der Waals surface area contributed by atoms with Crippen LogP contribution in [0.4, 0.5) is 5.69 Å². The molecule has 0 fully saturated rings. The highest BCUT2D eigenvalue weighted by Gasteiger charge is 2.07. The van der Waals surface area contributed by atoms with Crippen molar-refractivity contribution in [3.63, 3.8) is 0 Å². The van der Waals surface area contributed by atoms with E-state index in [2.05, 4.69) is 15.6 Å². The van der Waals surface area contributed by atoms with Crippen LogP contribution in [0.25, 0.3) is 0 Å². The molecule has 0 radical (unpaired) electrons. The Hall–Kier alpha value is -1.78. The van der Waals surface area contributed by atoms with E-state index in [1.165, 1.54) is 0 Å². The topological polar surface area (TPSA) is 54.0 Å². The zero-order valence-electron chi connectivity index (χ0n) is 12.9. The molecule has 2 N–H and O–H groups in total. The van der Waals surface area contributed by atoms with Gasteiger partial charge in [-0.3, -0.25) is 9.78 Å². The smallest absolute Gasteiger partial charge is 0.269 e. The summed E-state index contributed by atoms with van der Waals surface area (Å²) in [5, 5.41) is 7.38. The van der Waals surface area contributed by atoms with Gasteiger partial charge in [-0.05, 0) is 42.7 Å². The molecule has 1 aromatic heterocycles. The normalized spacial score (nSPS) is 10.4. The van der Waals surface area contributed by atoms with Crippen molar-refractivity contribution in [2.24, 2.45) is 0 Å². The van der Waals surface area contributed by atoms with Gasteiger partial charge in [0.2, 0.25) is 0 Å². The van der Waals surface area contributed by atoms with Crippen LogP contribution >= 0.6 is 23.2 Å². The maximum atomic E-state index is 11.9. The van der Waals surface area contributed by atoms with Gasteiger partial charge in [0.15, 0.2) is 0 Å². The van der Waals surface area contributed by atoms with E-state index in [0.29, 0.717) is 28.8 Å². The number of nitrogens with zero attached hydrogens (tertiary/aromatic N) is 1. The number of hydrogen-bond acceptors (Lipinski definition) is 3. The number of rotatable bonds is 7. The number of pyridine rings is 1. The van der Waals surface area contributed by atoms with E-state index in [1.54, 1.807) is 18.3 Å². The average molecular weight is 352 g/mol. The summed E-state index contributed by atoms with van der Waals surface area (Å²) in [5.41, 5.74) is 2.29. The highest BCUT2D eigenvalue weighted by atomic mass is 35.5. The molecule has 0 aliphatic heterocycles. The predicted octanol–water partition coefficient (Wildman–Crippen LogP) is 4.18. The van der Waals surface area contributed by atoms with E-state index in [9.17, 15) is 4.79 Å². The number of carbonyl (C=O) groups is 1. The number of anilines is 1. The Morgan fingerprint density at radius 1 is 1.17 bits per heavy atom. The molecule has 0 aliphatic carbocycles. The molecule has 0 bridgehead atoms. The third kappa shape index (κ3) is 5.41. The zero-order chi connectivity index (χ0) is 16.7. The number of hydrogen-bond donors (Lipinski definition) is 2. The summed E-state index contributed by atoms with van der Waals surface area (Å²) in [7, 11) is 0. The van der Waals surface area contributed by atoms with E-state index in [4.69, 9.17) is 23.2 Å². The molecule has 2 aromatic rings. The molecule has 23 heavy (non-hydrogen) atoms. The summed E-state index contributed by atoms with van der Waals surface area (Å²) in [6.07, 6.45) is 3.28. The van der Waals surface area contributed by atoms with Crippen LogP contribution in [0.1, 0.15) is 29.4 Å². The second-order valence-electron chi connectivity index (χ2n) is 5.10. The van der Waals surface area contributed by atoms with E-state index >= 15 is 0 Å². The minimum atomic E-state index is -0.156. The second-order valence-corrected chi connectivity index (χ2v) is 5.94. The van der Waals surface area contributed by atoms with Crippen LogP contribution in [0.3, 0.4) is 0 Å². The van der Waals surface area contributed by atoms with Crippen molar-refractivity contribution < 1.29 is 4.79 Å². The van der Waals surface area contributed by atoms with Gasteiger partial charge in [-0.25, -0.2) is 0 Å². The van der Waals surface area contributed by atoms with E-state index < -0.39 is 0 Å².